The third kappa shape index (κ3) is 5.77. The Bertz CT molecular complexity index is 1440. The average Bonchev–Trinajstić information content (AvgIpc) is 3.30. The molecule has 3 aliphatic heterocycles. The van der Waals surface area contributed by atoms with Gasteiger partial charge in [-0.1, -0.05) is 12.1 Å². The summed E-state index contributed by atoms with van der Waals surface area (Å²) in [4.78, 5) is 30.5. The van der Waals surface area contributed by atoms with Crippen molar-refractivity contribution in [2.24, 2.45) is 0 Å². The van der Waals surface area contributed by atoms with Gasteiger partial charge in [-0.05, 0) is 44.9 Å². The maximum atomic E-state index is 13.6. The number of anilines is 3. The van der Waals surface area contributed by atoms with Crippen LogP contribution in [0.25, 0.3) is 11.4 Å². The second-order valence-corrected chi connectivity index (χ2v) is 10.7. The fourth-order valence-corrected chi connectivity index (χ4v) is 5.31. The lowest BCUT2D eigenvalue weighted by Crippen LogP contribution is -2.56. The van der Waals surface area contributed by atoms with Crippen molar-refractivity contribution in [3.63, 3.8) is 0 Å². The summed E-state index contributed by atoms with van der Waals surface area (Å²) in [5.74, 6) is 0.199. The molecule has 2 saturated heterocycles. The van der Waals surface area contributed by atoms with Crippen molar-refractivity contribution >= 4 is 23.2 Å². The molecule has 216 valence electrons. The average molecular weight is 571 g/mol. The predicted molar refractivity (Wildman–Crippen MR) is 144 cm³/mol. The minimum Gasteiger partial charge on any atom is -0.475 e. The highest BCUT2D eigenvalue weighted by atomic mass is 19.4. The minimum absolute atomic E-state index is 0.108. The number of ether oxygens (including phenoxy) is 3. The number of amides is 2. The topological polar surface area (TPSA) is 102 Å². The number of carbonyl (C=O) groups is 1. The lowest BCUT2D eigenvalue weighted by atomic mass is 10.0. The van der Waals surface area contributed by atoms with Crippen molar-refractivity contribution < 1.29 is 32.2 Å². The van der Waals surface area contributed by atoms with Gasteiger partial charge in [0.05, 0.1) is 42.0 Å². The van der Waals surface area contributed by atoms with Crippen molar-refractivity contribution in [2.45, 2.75) is 50.8 Å². The molecular formula is C28H29F3N6O4. The molecule has 2 amide bonds. The number of halogens is 3. The van der Waals surface area contributed by atoms with Crippen LogP contribution in [-0.4, -0.2) is 65.2 Å². The molecule has 41 heavy (non-hydrogen) atoms. The van der Waals surface area contributed by atoms with Crippen molar-refractivity contribution in [3.8, 4) is 17.3 Å². The summed E-state index contributed by atoms with van der Waals surface area (Å²) in [7, 11) is 0. The molecule has 2 atom stereocenters. The van der Waals surface area contributed by atoms with Gasteiger partial charge in [-0.3, -0.25) is 4.90 Å². The summed E-state index contributed by atoms with van der Waals surface area (Å²) >= 11 is 0. The molecule has 1 N–H and O–H groups in total. The molecule has 13 heteroatoms. The van der Waals surface area contributed by atoms with Crippen LogP contribution in [0, 0.1) is 0 Å². The van der Waals surface area contributed by atoms with Crippen LogP contribution >= 0.6 is 0 Å². The Labute approximate surface area is 234 Å². The van der Waals surface area contributed by atoms with Crippen molar-refractivity contribution in [3.05, 3.63) is 54.4 Å². The second kappa shape index (κ2) is 10.5. The Hall–Kier alpha value is -3.97. The van der Waals surface area contributed by atoms with E-state index in [2.05, 4.69) is 25.2 Å². The molecule has 2 aromatic heterocycles. The van der Waals surface area contributed by atoms with Gasteiger partial charge in [0.15, 0.2) is 17.4 Å². The molecule has 0 spiro atoms. The first-order valence-electron chi connectivity index (χ1n) is 13.4. The Kier molecular flexibility index (Phi) is 6.94. The highest BCUT2D eigenvalue weighted by Crippen LogP contribution is 2.39. The highest BCUT2D eigenvalue weighted by molar-refractivity contribution is 6.04. The van der Waals surface area contributed by atoms with Gasteiger partial charge in [0, 0.05) is 24.7 Å². The molecule has 5 heterocycles. The number of benzene rings is 1. The van der Waals surface area contributed by atoms with Crippen LogP contribution in [0.15, 0.2) is 48.8 Å². The van der Waals surface area contributed by atoms with E-state index in [9.17, 15) is 18.0 Å². The molecule has 2 bridgehead atoms. The summed E-state index contributed by atoms with van der Waals surface area (Å²) in [6, 6.07) is 7.61. The van der Waals surface area contributed by atoms with E-state index in [1.807, 2.05) is 13.8 Å². The Morgan fingerprint density at radius 3 is 2.78 bits per heavy atom. The van der Waals surface area contributed by atoms with Gasteiger partial charge in [-0.25, -0.2) is 19.7 Å². The summed E-state index contributed by atoms with van der Waals surface area (Å²) < 4.78 is 56.9. The van der Waals surface area contributed by atoms with Gasteiger partial charge in [-0.15, -0.1) is 0 Å². The molecule has 6 rings (SSSR count). The molecule has 3 aromatic rings. The Balaban J connectivity index is 1.21. The minimum atomic E-state index is -4.50. The third-order valence-electron chi connectivity index (χ3n) is 7.22. The lowest BCUT2D eigenvalue weighted by molar-refractivity contribution is -0.141. The van der Waals surface area contributed by atoms with Crippen LogP contribution in [0.4, 0.5) is 35.2 Å². The predicted octanol–water partition coefficient (Wildman–Crippen LogP) is 5.11. The lowest BCUT2D eigenvalue weighted by Gasteiger charge is -2.45. The monoisotopic (exact) mass is 570 g/mol. The molecule has 10 nitrogen and oxygen atoms in total. The van der Waals surface area contributed by atoms with E-state index in [4.69, 9.17) is 14.2 Å². The van der Waals surface area contributed by atoms with Gasteiger partial charge < -0.3 is 24.4 Å². The quantitative estimate of drug-likeness (QED) is 0.452. The van der Waals surface area contributed by atoms with Gasteiger partial charge >= 0.3 is 12.2 Å². The fraction of sp³-hybridized carbons (Fsp3) is 0.429. The number of fused-ring (bicyclic) bond motifs is 4. The van der Waals surface area contributed by atoms with E-state index >= 15 is 0 Å². The van der Waals surface area contributed by atoms with E-state index in [1.165, 1.54) is 18.3 Å². The number of hydrogen-bond donors (Lipinski definition) is 1. The van der Waals surface area contributed by atoms with Crippen LogP contribution in [0.3, 0.4) is 0 Å². The smallest absolute Gasteiger partial charge is 0.416 e. The third-order valence-corrected chi connectivity index (χ3v) is 7.22. The summed E-state index contributed by atoms with van der Waals surface area (Å²) in [5.41, 5.74) is 0.539. The highest BCUT2D eigenvalue weighted by Gasteiger charge is 2.39. The number of aromatic nitrogens is 3. The van der Waals surface area contributed by atoms with Crippen molar-refractivity contribution in [2.75, 3.05) is 41.4 Å². The number of nitrogens with one attached hydrogen (secondary N) is 1. The zero-order valence-corrected chi connectivity index (χ0v) is 22.5. The molecule has 1 aromatic carbocycles. The Morgan fingerprint density at radius 2 is 2.05 bits per heavy atom. The summed E-state index contributed by atoms with van der Waals surface area (Å²) in [6.07, 6.45) is 0.0137. The zero-order chi connectivity index (χ0) is 28.8. The standard InChI is InChI=1S/C28H29F3N6O4/c1-27(2)40-16-21(41-27)15-39-23-9-8-19(12-32-23)34-26(38)37-20-7-4-10-36(14-20)22-13-33-24(35-25(22)37)17-5-3-6-18(11-17)28(29,30)31/h3,5-6,8-9,11-13,20-21H,4,7,10,14-16H2,1-2H3,(H,34,38)/t20-,21?/m0/s1. The van der Waals surface area contributed by atoms with Gasteiger partial charge in [0.2, 0.25) is 5.88 Å². The van der Waals surface area contributed by atoms with Gasteiger partial charge in [-0.2, -0.15) is 13.2 Å². The molecule has 2 fully saturated rings. The summed E-state index contributed by atoms with van der Waals surface area (Å²) in [5, 5.41) is 2.88. The van der Waals surface area contributed by atoms with Crippen LogP contribution in [0.5, 0.6) is 5.88 Å². The second-order valence-electron chi connectivity index (χ2n) is 10.7. The number of piperidine rings is 1. The first-order valence-corrected chi connectivity index (χ1v) is 13.4. The van der Waals surface area contributed by atoms with Crippen LogP contribution < -0.4 is 19.9 Å². The molecule has 1 unspecified atom stereocenters. The van der Waals surface area contributed by atoms with Gasteiger partial charge in [0.25, 0.3) is 0 Å². The van der Waals surface area contributed by atoms with E-state index < -0.39 is 23.6 Å². The number of hydrogen-bond acceptors (Lipinski definition) is 8. The maximum Gasteiger partial charge on any atom is 0.416 e. The van der Waals surface area contributed by atoms with Crippen molar-refractivity contribution in [1.82, 2.24) is 15.0 Å². The fourth-order valence-electron chi connectivity index (χ4n) is 5.31. The first-order chi connectivity index (χ1) is 19.6. The van der Waals surface area contributed by atoms with Crippen molar-refractivity contribution in [1.29, 1.82) is 0 Å². The van der Waals surface area contributed by atoms with Crippen LogP contribution in [0.1, 0.15) is 32.3 Å². The number of alkyl halides is 3. The number of nitrogens with zero attached hydrogens (tertiary/aromatic N) is 5. The van der Waals surface area contributed by atoms with E-state index in [0.717, 1.165) is 31.5 Å². The summed E-state index contributed by atoms with van der Waals surface area (Å²) in [6.45, 7) is 5.78. The van der Waals surface area contributed by atoms with Crippen LogP contribution in [0.2, 0.25) is 0 Å². The molecule has 0 aliphatic carbocycles. The number of urea groups is 1. The SMILES string of the molecule is CC1(C)OCC(COc2ccc(NC(=O)N3c4nc(-c5cccc(C(F)(F)F)c5)ncc4N4CCC[C@H]3C4)cn2)O1. The molecule has 0 saturated carbocycles. The number of pyridine rings is 1. The van der Waals surface area contributed by atoms with Gasteiger partial charge in [0.1, 0.15) is 12.7 Å². The maximum absolute atomic E-state index is 13.6. The first kappa shape index (κ1) is 27.2. The van der Waals surface area contributed by atoms with E-state index in [1.54, 1.807) is 23.2 Å². The van der Waals surface area contributed by atoms with E-state index in [-0.39, 0.29) is 30.1 Å². The van der Waals surface area contributed by atoms with Crippen LogP contribution in [-0.2, 0) is 15.7 Å². The van der Waals surface area contributed by atoms with E-state index in [0.29, 0.717) is 36.2 Å². The molecule has 0 radical (unpaired) electrons. The number of rotatable bonds is 5. The Morgan fingerprint density at radius 1 is 1.20 bits per heavy atom. The number of carbonyl (C=O) groups excluding carboxylic acids is 1. The normalized spacial score (nSPS) is 21.4. The zero-order valence-electron chi connectivity index (χ0n) is 22.5. The molecule has 3 aliphatic rings. The molecular weight excluding hydrogens is 541 g/mol. The largest absolute Gasteiger partial charge is 0.475 e.